The zero-order valence-corrected chi connectivity index (χ0v) is 32.6. The Bertz CT molecular complexity index is 1960. The quantitative estimate of drug-likeness (QED) is 0.106. The maximum absolute atomic E-state index is 15.7. The SMILES string of the molecule is CC(OC(=O)CCC(=O)N1CC(N(C)C)C1)OC(=O)OC(Cn1cncn1)(c1ccc(F)cc1F)C(C)SC1COC(C=CC=Cc2ccc(C#N)cc2F)OC1. The van der Waals surface area contributed by atoms with Crippen LogP contribution in [0.4, 0.5) is 18.0 Å². The summed E-state index contributed by atoms with van der Waals surface area (Å²) in [7, 11) is 3.85. The highest BCUT2D eigenvalue weighted by molar-refractivity contribution is 8.00. The molecule has 2 saturated heterocycles. The van der Waals surface area contributed by atoms with Gasteiger partial charge in [0.25, 0.3) is 0 Å². The van der Waals surface area contributed by atoms with Gasteiger partial charge in [-0.3, -0.25) is 9.59 Å². The van der Waals surface area contributed by atoms with E-state index in [1.54, 1.807) is 30.1 Å². The summed E-state index contributed by atoms with van der Waals surface area (Å²) in [5.74, 6) is -3.37. The van der Waals surface area contributed by atoms with Crippen molar-refractivity contribution in [3.05, 3.63) is 101 Å². The van der Waals surface area contributed by atoms with Gasteiger partial charge in [-0.15, -0.1) is 11.8 Å². The Kier molecular flexibility index (Phi) is 14.9. The van der Waals surface area contributed by atoms with E-state index in [1.165, 1.54) is 54.2 Å². The van der Waals surface area contributed by atoms with Crippen LogP contribution in [0.3, 0.4) is 0 Å². The Morgan fingerprint density at radius 3 is 2.46 bits per heavy atom. The van der Waals surface area contributed by atoms with Crippen molar-refractivity contribution in [3.8, 4) is 6.07 Å². The fourth-order valence-corrected chi connectivity index (χ4v) is 7.42. The number of halogens is 3. The zero-order chi connectivity index (χ0) is 41.1. The molecule has 18 heteroatoms. The number of esters is 1. The minimum atomic E-state index is -1.91. The molecule has 3 aromatic rings. The van der Waals surface area contributed by atoms with Crippen molar-refractivity contribution in [1.29, 1.82) is 5.26 Å². The van der Waals surface area contributed by atoms with Crippen LogP contribution in [0.5, 0.6) is 0 Å². The van der Waals surface area contributed by atoms with Gasteiger partial charge in [0.05, 0.1) is 43.1 Å². The highest BCUT2D eigenvalue weighted by Crippen LogP contribution is 2.42. The fourth-order valence-electron chi connectivity index (χ4n) is 6.05. The monoisotopic (exact) mass is 812 g/mol. The number of likely N-dealkylation sites (tertiary alicyclic amines) is 1. The van der Waals surface area contributed by atoms with Crippen molar-refractivity contribution in [2.75, 3.05) is 40.4 Å². The largest absolute Gasteiger partial charge is 0.512 e. The molecule has 3 heterocycles. The summed E-state index contributed by atoms with van der Waals surface area (Å²) in [5.41, 5.74) is -1.59. The molecule has 2 aliphatic rings. The van der Waals surface area contributed by atoms with Crippen LogP contribution in [0.25, 0.3) is 6.08 Å². The van der Waals surface area contributed by atoms with Crippen LogP contribution in [0.15, 0.2) is 67.3 Å². The van der Waals surface area contributed by atoms with Gasteiger partial charge >= 0.3 is 12.1 Å². The lowest BCUT2D eigenvalue weighted by atomic mass is 9.89. The second kappa shape index (κ2) is 19.8. The van der Waals surface area contributed by atoms with Gasteiger partial charge in [0.15, 0.2) is 11.9 Å². The Labute approximate surface area is 332 Å². The third-order valence-corrected chi connectivity index (χ3v) is 10.7. The van der Waals surface area contributed by atoms with E-state index in [9.17, 15) is 23.2 Å². The molecule has 1 amide bonds. The number of ether oxygens (including phenoxy) is 5. The average Bonchev–Trinajstić information content (AvgIpc) is 3.65. The van der Waals surface area contributed by atoms with E-state index in [2.05, 4.69) is 10.1 Å². The molecule has 0 N–H and O–H groups in total. The van der Waals surface area contributed by atoms with E-state index < -0.39 is 53.0 Å². The number of carbonyl (C=O) groups is 3. The lowest BCUT2D eigenvalue weighted by molar-refractivity contribution is -0.172. The summed E-state index contributed by atoms with van der Waals surface area (Å²) in [6.45, 7) is 4.14. The average molecular weight is 813 g/mol. The third kappa shape index (κ3) is 11.7. The number of allylic oxidation sites excluding steroid dienone is 2. The maximum atomic E-state index is 15.7. The molecule has 14 nitrogen and oxygen atoms in total. The van der Waals surface area contributed by atoms with Gasteiger partial charge in [-0.1, -0.05) is 24.3 Å². The smallest absolute Gasteiger partial charge is 0.425 e. The molecule has 0 bridgehead atoms. The van der Waals surface area contributed by atoms with E-state index in [4.69, 9.17) is 28.9 Å². The lowest BCUT2D eigenvalue weighted by Crippen LogP contribution is -2.59. The van der Waals surface area contributed by atoms with Crippen LogP contribution in [-0.4, -0.2) is 112 Å². The first-order valence-corrected chi connectivity index (χ1v) is 18.9. The van der Waals surface area contributed by atoms with Gasteiger partial charge in [-0.25, -0.2) is 27.6 Å². The number of rotatable bonds is 16. The molecular formula is C39H43F3N6O8S. The molecule has 57 heavy (non-hydrogen) atoms. The van der Waals surface area contributed by atoms with Gasteiger partial charge < -0.3 is 33.5 Å². The summed E-state index contributed by atoms with van der Waals surface area (Å²) in [5, 5.41) is 11.9. The predicted molar refractivity (Wildman–Crippen MR) is 200 cm³/mol. The van der Waals surface area contributed by atoms with Crippen LogP contribution >= 0.6 is 11.8 Å². The number of likely N-dealkylation sites (N-methyl/N-ethyl adjacent to an activating group) is 1. The molecule has 304 valence electrons. The molecule has 2 aromatic carbocycles. The zero-order valence-electron chi connectivity index (χ0n) is 31.8. The minimum Gasteiger partial charge on any atom is -0.425 e. The third-order valence-electron chi connectivity index (χ3n) is 9.29. The number of aromatic nitrogens is 3. The fraction of sp³-hybridized carbons (Fsp3) is 0.436. The molecule has 5 rings (SSSR count). The van der Waals surface area contributed by atoms with Gasteiger partial charge in [0, 0.05) is 54.9 Å². The Morgan fingerprint density at radius 2 is 1.81 bits per heavy atom. The summed E-state index contributed by atoms with van der Waals surface area (Å²) in [4.78, 5) is 46.1. The van der Waals surface area contributed by atoms with Gasteiger partial charge in [0.2, 0.25) is 12.2 Å². The molecule has 3 unspecified atom stereocenters. The number of nitriles is 1. The second-order valence-electron chi connectivity index (χ2n) is 13.6. The van der Waals surface area contributed by atoms with Crippen LogP contribution in [0.2, 0.25) is 0 Å². The Morgan fingerprint density at radius 1 is 1.05 bits per heavy atom. The summed E-state index contributed by atoms with van der Waals surface area (Å²) < 4.78 is 73.7. The summed E-state index contributed by atoms with van der Waals surface area (Å²) >= 11 is 1.25. The first kappa shape index (κ1) is 42.9. The van der Waals surface area contributed by atoms with Crippen molar-refractivity contribution in [2.24, 2.45) is 0 Å². The number of nitrogens with zero attached hydrogens (tertiary/aromatic N) is 6. The maximum Gasteiger partial charge on any atom is 0.512 e. The molecule has 2 aliphatic heterocycles. The van der Waals surface area contributed by atoms with Gasteiger partial charge in [0.1, 0.15) is 30.1 Å². The lowest BCUT2D eigenvalue weighted by Gasteiger charge is -2.42. The first-order valence-electron chi connectivity index (χ1n) is 18.0. The molecular weight excluding hydrogens is 770 g/mol. The van der Waals surface area contributed by atoms with Gasteiger partial charge in [-0.2, -0.15) is 10.4 Å². The molecule has 0 saturated carbocycles. The molecule has 0 radical (unpaired) electrons. The number of hydrogen-bond donors (Lipinski definition) is 0. The number of carbonyl (C=O) groups excluding carboxylic acids is 3. The van der Waals surface area contributed by atoms with Crippen molar-refractivity contribution in [2.45, 2.75) is 68.0 Å². The Hall–Kier alpha value is -5.22. The van der Waals surface area contributed by atoms with Crippen LogP contribution < -0.4 is 0 Å². The van der Waals surface area contributed by atoms with E-state index in [1.807, 2.05) is 25.1 Å². The van der Waals surface area contributed by atoms with E-state index in [0.29, 0.717) is 24.7 Å². The Balaban J connectivity index is 1.23. The normalized spacial score (nSPS) is 19.5. The van der Waals surface area contributed by atoms with Crippen LogP contribution in [-0.2, 0) is 45.4 Å². The standard InChI is InChI=1S/C39H43F3N6O8S/c1-25(57-31-20-52-37(53-21-31)8-6-5-7-28-10-9-27(17-43)15-33(28)41)39(22-48-24-44-23-45-48,32-12-11-29(40)16-34(32)42)56-38(51)55-26(2)54-36(50)14-13-35(49)47-18-30(19-47)46(3)4/h5-12,15-16,23-26,30-31,37H,13-14,18-22H2,1-4H3. The van der Waals surface area contributed by atoms with E-state index >= 15 is 4.39 Å². The van der Waals surface area contributed by atoms with Crippen LogP contribution in [0.1, 0.15) is 43.4 Å². The minimum absolute atomic E-state index is 0.0838. The second-order valence-corrected chi connectivity index (χ2v) is 15.2. The molecule has 0 aliphatic carbocycles. The predicted octanol–water partition coefficient (Wildman–Crippen LogP) is 5.19. The molecule has 0 spiro atoms. The van der Waals surface area contributed by atoms with Crippen molar-refractivity contribution in [3.63, 3.8) is 0 Å². The highest BCUT2D eigenvalue weighted by Gasteiger charge is 2.47. The van der Waals surface area contributed by atoms with Crippen molar-refractivity contribution >= 4 is 35.9 Å². The molecule has 2 fully saturated rings. The first-order chi connectivity index (χ1) is 27.3. The highest BCUT2D eigenvalue weighted by atomic mass is 32.2. The van der Waals surface area contributed by atoms with Gasteiger partial charge in [-0.05, 0) is 51.4 Å². The number of benzene rings is 2. The summed E-state index contributed by atoms with van der Waals surface area (Å²) in [6.07, 6.45) is 5.13. The van der Waals surface area contributed by atoms with E-state index in [0.717, 1.165) is 18.2 Å². The van der Waals surface area contributed by atoms with E-state index in [-0.39, 0.29) is 60.9 Å². The number of hydrogen-bond acceptors (Lipinski definition) is 13. The number of amides is 1. The summed E-state index contributed by atoms with van der Waals surface area (Å²) in [6, 6.07) is 9.16. The van der Waals surface area contributed by atoms with Crippen molar-refractivity contribution < 1.29 is 51.2 Å². The molecule has 1 aromatic heterocycles. The number of thioether (sulfide) groups is 1. The topological polar surface area (TPSA) is 158 Å². The van der Waals surface area contributed by atoms with Crippen molar-refractivity contribution in [1.82, 2.24) is 24.6 Å². The van der Waals surface area contributed by atoms with Crippen LogP contribution in [0, 0.1) is 28.8 Å². The molecule has 3 atom stereocenters.